The smallest absolute Gasteiger partial charge is 0.474 e. The maximum Gasteiger partial charge on any atom is 0.574 e. The summed E-state index contributed by atoms with van der Waals surface area (Å²) in [5, 5.41) is 21.7. The van der Waals surface area contributed by atoms with Crippen molar-refractivity contribution in [3.8, 4) is 47.3 Å². The van der Waals surface area contributed by atoms with Crippen LogP contribution in [-0.4, -0.2) is 232 Å². The number of alkyl halides is 3. The van der Waals surface area contributed by atoms with E-state index < -0.39 is 12.2 Å². The normalized spacial score (nSPS) is 14.3. The van der Waals surface area contributed by atoms with Crippen LogP contribution in [0.1, 0.15) is 98.2 Å². The monoisotopic (exact) mass is 1590 g/mol. The molecule has 31 heteroatoms. The molecule has 3 aliphatic rings. The molecule has 12 heterocycles. The molecular formula is C85H85ClF3N21O6. The Kier molecular flexibility index (Phi) is 26.7. The number of rotatable bonds is 17. The molecule has 0 aliphatic carbocycles. The van der Waals surface area contributed by atoms with Crippen LogP contribution in [0, 0.1) is 56.3 Å². The molecule has 3 aromatic carbocycles. The molecule has 116 heavy (non-hydrogen) atoms. The summed E-state index contributed by atoms with van der Waals surface area (Å²) in [5.74, 6) is 16.9. The van der Waals surface area contributed by atoms with Gasteiger partial charge in [-0.15, -0.1) is 23.4 Å². The van der Waals surface area contributed by atoms with Gasteiger partial charge in [-0.25, -0.2) is 28.5 Å². The number of likely N-dealkylation sites (N-methyl/N-ethyl adjacent to an activating group) is 3. The molecule has 0 bridgehead atoms. The number of nitrogens with one attached hydrogen (secondary N) is 3. The van der Waals surface area contributed by atoms with Gasteiger partial charge in [0.2, 0.25) is 11.8 Å². The number of piperazine rings is 3. The fourth-order valence-electron chi connectivity index (χ4n) is 12.8. The molecule has 0 atom stereocenters. The van der Waals surface area contributed by atoms with Crippen molar-refractivity contribution in [2.24, 2.45) is 0 Å². The van der Waals surface area contributed by atoms with Gasteiger partial charge in [-0.05, 0) is 172 Å². The first kappa shape index (κ1) is 81.5. The zero-order valence-corrected chi connectivity index (χ0v) is 65.9. The zero-order chi connectivity index (χ0) is 81.2. The molecule has 3 aliphatic heterocycles. The van der Waals surface area contributed by atoms with Gasteiger partial charge in [-0.2, -0.15) is 5.10 Å². The second-order valence-corrected chi connectivity index (χ2v) is 28.7. The highest BCUT2D eigenvalue weighted by molar-refractivity contribution is 6.29. The summed E-state index contributed by atoms with van der Waals surface area (Å²) >= 11 is 5.99. The summed E-state index contributed by atoms with van der Waals surface area (Å²) in [6.45, 7) is 22.6. The number of ether oxygens (including phenoxy) is 3. The number of anilines is 3. The number of fused-ring (bicyclic) bond motifs is 3. The summed E-state index contributed by atoms with van der Waals surface area (Å²) in [7, 11) is 8.07. The fourth-order valence-corrected chi connectivity index (χ4v) is 12.9. The molecule has 594 valence electrons. The number of methoxy groups -OCH3 is 1. The van der Waals surface area contributed by atoms with Crippen LogP contribution >= 0.6 is 11.6 Å². The van der Waals surface area contributed by atoms with E-state index in [-0.39, 0.29) is 23.4 Å². The molecule has 3 saturated heterocycles. The van der Waals surface area contributed by atoms with E-state index >= 15 is 0 Å². The van der Waals surface area contributed by atoms with Gasteiger partial charge in [0.25, 0.3) is 17.7 Å². The van der Waals surface area contributed by atoms with Crippen LogP contribution in [0.4, 0.5) is 30.2 Å². The maximum atomic E-state index is 13.0. The van der Waals surface area contributed by atoms with Crippen molar-refractivity contribution < 1.29 is 41.8 Å². The summed E-state index contributed by atoms with van der Waals surface area (Å²) in [4.78, 5) is 78.5. The number of carbonyl (C=O) groups is 3. The van der Waals surface area contributed by atoms with Crippen molar-refractivity contribution >= 4 is 63.3 Å². The number of aromatic nitrogens is 12. The van der Waals surface area contributed by atoms with Crippen LogP contribution in [0.15, 0.2) is 165 Å². The van der Waals surface area contributed by atoms with Gasteiger partial charge in [0, 0.05) is 188 Å². The number of amides is 3. The largest absolute Gasteiger partial charge is 0.574 e. The van der Waals surface area contributed by atoms with Crippen molar-refractivity contribution in [3.05, 3.63) is 254 Å². The van der Waals surface area contributed by atoms with E-state index in [1.807, 2.05) is 55.5 Å². The highest BCUT2D eigenvalue weighted by Gasteiger charge is 2.32. The lowest BCUT2D eigenvalue weighted by Crippen LogP contribution is -2.43. The molecule has 12 aromatic rings. The first-order valence-electron chi connectivity index (χ1n) is 37.5. The lowest BCUT2D eigenvalue weighted by molar-refractivity contribution is -0.276. The molecule has 9 aromatic heterocycles. The first-order valence-corrected chi connectivity index (χ1v) is 37.9. The lowest BCUT2D eigenvalue weighted by atomic mass is 10.1. The van der Waals surface area contributed by atoms with E-state index in [2.05, 4.69) is 178 Å². The zero-order valence-electron chi connectivity index (χ0n) is 65.1. The summed E-state index contributed by atoms with van der Waals surface area (Å²) in [6, 6.07) is 32.5. The Morgan fingerprint density at radius 3 is 1.12 bits per heavy atom. The van der Waals surface area contributed by atoms with Crippen molar-refractivity contribution in [3.63, 3.8) is 0 Å². The lowest BCUT2D eigenvalue weighted by Gasteiger charge is -2.32. The van der Waals surface area contributed by atoms with Crippen LogP contribution in [0.2, 0.25) is 5.15 Å². The third-order valence-electron chi connectivity index (χ3n) is 19.5. The minimum Gasteiger partial charge on any atom is -0.474 e. The van der Waals surface area contributed by atoms with Gasteiger partial charge < -0.3 is 44.9 Å². The highest BCUT2D eigenvalue weighted by atomic mass is 35.5. The molecule has 3 amide bonds. The predicted molar refractivity (Wildman–Crippen MR) is 434 cm³/mol. The molecule has 3 N–H and O–H groups in total. The third kappa shape index (κ3) is 22.5. The molecule has 27 nitrogen and oxygen atoms in total. The van der Waals surface area contributed by atoms with Crippen molar-refractivity contribution in [2.75, 3.05) is 136 Å². The van der Waals surface area contributed by atoms with Crippen LogP contribution in [-0.2, 0) is 24.4 Å². The van der Waals surface area contributed by atoms with Gasteiger partial charge in [0.1, 0.15) is 28.8 Å². The van der Waals surface area contributed by atoms with Gasteiger partial charge in [-0.3, -0.25) is 44.0 Å². The van der Waals surface area contributed by atoms with Crippen LogP contribution < -0.4 is 25.4 Å². The number of halogens is 4. The quantitative estimate of drug-likeness (QED) is 0.0565. The van der Waals surface area contributed by atoms with Gasteiger partial charge >= 0.3 is 6.36 Å². The predicted octanol–water partition coefficient (Wildman–Crippen LogP) is 10.1. The van der Waals surface area contributed by atoms with Crippen LogP contribution in [0.5, 0.6) is 11.8 Å². The van der Waals surface area contributed by atoms with Crippen molar-refractivity contribution in [1.29, 1.82) is 0 Å². The Morgan fingerprint density at radius 1 is 0.422 bits per heavy atom. The Balaban J connectivity index is 0.000000152. The number of hydrogen-bond acceptors (Lipinski definition) is 21. The standard InChI is InChI=1S/C30H33N7O3.C28H26F3N7O2.C27H26ClN7O/c1-22-16-26(6-5-24(22)21-36-12-10-35(2)11-13-36)33-30(38)25-17-23(18-31-19-25)4-7-27-20-32-28-8-9-29(34-37(27)28)40-15-14-39-3;1-19-13-23(5-4-21(19)18-37-11-9-36(2)10-12-37)34-27(39)22-14-20(15-32-16-22)3-6-24-17-33-25-7-8-26(35-38(24)25)40-28(29,30)31;1-19-13-23(5-4-21(19)18-34-11-9-33(2)10-12-34)31-27(36)22-14-20(15-29-16-22)3-6-24-17-30-26-8-7-25(28)32-35(24)26/h5-6,8-9,16-20H,10-15,21H2,1-3H3,(H,33,38);4-5,7-8,13-17H,9-12,18H2,1-2H3,(H,34,39);4-5,7-8,13-17H,9-12,18H2,1-2H3,(H,31,36). The van der Waals surface area contributed by atoms with E-state index in [1.54, 1.807) is 77.3 Å². The summed E-state index contributed by atoms with van der Waals surface area (Å²) in [6.07, 6.45) is 9.01. The Morgan fingerprint density at radius 2 is 0.767 bits per heavy atom. The first-order chi connectivity index (χ1) is 56.0. The molecule has 0 radical (unpaired) electrons. The van der Waals surface area contributed by atoms with E-state index in [4.69, 9.17) is 21.1 Å². The van der Waals surface area contributed by atoms with Gasteiger partial charge in [0.15, 0.2) is 16.9 Å². The molecule has 3 fully saturated rings. The second kappa shape index (κ2) is 38.1. The average Bonchev–Trinajstić information content (AvgIpc) is 1.68. The number of carbonyl (C=O) groups excluding carboxylic acids is 3. The highest BCUT2D eigenvalue weighted by Crippen LogP contribution is 2.25. The number of pyridine rings is 3. The number of imidazole rings is 3. The van der Waals surface area contributed by atoms with Gasteiger partial charge in [0.05, 0.1) is 41.9 Å². The minimum atomic E-state index is -4.87. The van der Waals surface area contributed by atoms with Crippen molar-refractivity contribution in [1.82, 2.24) is 88.1 Å². The van der Waals surface area contributed by atoms with E-state index in [0.29, 0.717) is 91.6 Å². The molecule has 0 unspecified atom stereocenters. The SMILES string of the molecule is COCCOc1ccc2ncc(C#Cc3cncc(C(=O)Nc4ccc(CN5CCN(C)CC5)c(C)c4)c3)n2n1.Cc1cc(NC(=O)c2cncc(C#Cc3cnc4ccc(Cl)nn34)c2)ccc1CN1CCN(C)CC1.Cc1cc(NC(=O)c2cncc(C#Cc3cnc4ccc(OC(F)(F)F)nn34)c2)ccc1CN1CCN(C)CC1. The average molecular weight is 1590 g/mol. The van der Waals surface area contributed by atoms with Gasteiger partial charge in [-0.1, -0.05) is 47.6 Å². The van der Waals surface area contributed by atoms with E-state index in [9.17, 15) is 27.6 Å². The maximum absolute atomic E-state index is 13.0. The Bertz CT molecular complexity index is 5740. The Hall–Kier alpha value is -12.5. The number of nitrogens with zero attached hydrogens (tertiary/aromatic N) is 18. The number of benzene rings is 3. The van der Waals surface area contributed by atoms with Crippen LogP contribution in [0.25, 0.3) is 16.9 Å². The van der Waals surface area contributed by atoms with E-state index in [1.165, 1.54) is 53.7 Å². The number of hydrogen-bond donors (Lipinski definition) is 3. The summed E-state index contributed by atoms with van der Waals surface area (Å²) in [5.41, 5.74) is 15.2. The Labute approximate surface area is 673 Å². The molecule has 15 rings (SSSR count). The molecule has 0 saturated carbocycles. The van der Waals surface area contributed by atoms with Crippen LogP contribution in [0.3, 0.4) is 0 Å². The number of aryl methyl sites for hydroxylation is 3. The molecular weight excluding hydrogens is 1500 g/mol. The fraction of sp³-hybridized carbons (Fsp3) is 0.294. The summed E-state index contributed by atoms with van der Waals surface area (Å²) < 4.78 is 56.5. The topological polar surface area (TPSA) is 264 Å². The minimum absolute atomic E-state index is 0.236. The molecule has 0 spiro atoms. The van der Waals surface area contributed by atoms with E-state index in [0.717, 1.165) is 137 Å². The second-order valence-electron chi connectivity index (χ2n) is 28.3. The third-order valence-corrected chi connectivity index (χ3v) is 19.7. The van der Waals surface area contributed by atoms with Crippen molar-refractivity contribution in [2.45, 2.75) is 46.8 Å².